The van der Waals surface area contributed by atoms with Crippen molar-refractivity contribution in [2.75, 3.05) is 53.4 Å². The first kappa shape index (κ1) is 28.4. The minimum Gasteiger partial charge on any atom is -0.332 e. The Hall–Kier alpha value is -2.66. The molecular weight excluding hydrogens is 574 g/mol. The lowest BCUT2D eigenvalue weighted by molar-refractivity contribution is -0.153. The quantitative estimate of drug-likeness (QED) is 0.350. The fourth-order valence-electron chi connectivity index (χ4n) is 4.29. The van der Waals surface area contributed by atoms with Crippen LogP contribution >= 0.6 is 27.3 Å². The largest absolute Gasteiger partial charge is 0.332 e. The number of piperazine rings is 1. The lowest BCUT2D eigenvalue weighted by atomic mass is 10.2. The van der Waals surface area contributed by atoms with Crippen LogP contribution in [0.2, 0.25) is 0 Å². The van der Waals surface area contributed by atoms with E-state index in [1.807, 2.05) is 31.1 Å². The van der Waals surface area contributed by atoms with Crippen LogP contribution in [0.1, 0.15) is 10.4 Å². The third-order valence-corrected chi connectivity index (χ3v) is 8.09. The highest BCUT2D eigenvalue weighted by Crippen LogP contribution is 2.30. The second-order valence-electron chi connectivity index (χ2n) is 9.61. The van der Waals surface area contributed by atoms with Gasteiger partial charge in [0, 0.05) is 78.2 Å². The molecule has 1 aliphatic rings. The van der Waals surface area contributed by atoms with E-state index in [2.05, 4.69) is 45.1 Å². The molecule has 2 amide bonds. The molecule has 1 saturated heterocycles. The van der Waals surface area contributed by atoms with Gasteiger partial charge in [0.05, 0.1) is 0 Å². The van der Waals surface area contributed by atoms with E-state index in [9.17, 15) is 18.4 Å². The maximum atomic E-state index is 14.3. The number of hydrogen-bond donors (Lipinski definition) is 0. The molecule has 1 fully saturated rings. The Labute approximate surface area is 234 Å². The molecular formula is C28H31BrF2N4O2S. The van der Waals surface area contributed by atoms with Gasteiger partial charge in [-0.1, -0.05) is 34.1 Å². The number of carbonyl (C=O) groups is 2. The monoisotopic (exact) mass is 604 g/mol. The van der Waals surface area contributed by atoms with Crippen molar-refractivity contribution in [3.05, 3.63) is 81.1 Å². The summed E-state index contributed by atoms with van der Waals surface area (Å²) in [4.78, 5) is 35.8. The topological polar surface area (TPSA) is 47.1 Å². The summed E-state index contributed by atoms with van der Waals surface area (Å²) in [5.74, 6) is -2.66. The highest BCUT2D eigenvalue weighted by molar-refractivity contribution is 9.10. The summed E-state index contributed by atoms with van der Waals surface area (Å²) in [6.45, 7) is 3.67. The van der Waals surface area contributed by atoms with Gasteiger partial charge in [0.2, 0.25) is 0 Å². The minimum atomic E-state index is -0.731. The van der Waals surface area contributed by atoms with Gasteiger partial charge >= 0.3 is 11.8 Å². The van der Waals surface area contributed by atoms with E-state index in [1.54, 1.807) is 16.2 Å². The van der Waals surface area contributed by atoms with E-state index in [0.717, 1.165) is 23.2 Å². The number of rotatable bonds is 8. The van der Waals surface area contributed by atoms with E-state index >= 15 is 0 Å². The number of benzene rings is 2. The van der Waals surface area contributed by atoms with Crippen molar-refractivity contribution in [1.82, 2.24) is 19.6 Å². The SMILES string of the molecule is CN(C)CCN(Cc1ccc(F)cc1F)C(=O)C(=O)N1CCN(Cc2ccc(-c3cccc(Br)c3)s2)CC1. The Morgan fingerprint density at radius 1 is 0.974 bits per heavy atom. The first-order chi connectivity index (χ1) is 18.2. The van der Waals surface area contributed by atoms with E-state index in [0.29, 0.717) is 32.7 Å². The normalized spacial score (nSPS) is 14.2. The van der Waals surface area contributed by atoms with Gasteiger partial charge < -0.3 is 14.7 Å². The number of nitrogens with zero attached hydrogens (tertiary/aromatic N) is 4. The van der Waals surface area contributed by atoms with Crippen LogP contribution in [-0.2, 0) is 22.7 Å². The Balaban J connectivity index is 1.34. The number of halogens is 3. The first-order valence-corrected chi connectivity index (χ1v) is 14.0. The smallest absolute Gasteiger partial charge is 0.312 e. The fourth-order valence-corrected chi connectivity index (χ4v) is 5.73. The molecule has 202 valence electrons. The summed E-state index contributed by atoms with van der Waals surface area (Å²) in [6.07, 6.45) is 0. The van der Waals surface area contributed by atoms with Gasteiger partial charge in [0.15, 0.2) is 0 Å². The summed E-state index contributed by atoms with van der Waals surface area (Å²) in [5, 5.41) is 0. The number of carbonyl (C=O) groups excluding carboxylic acids is 2. The van der Waals surface area contributed by atoms with Crippen LogP contribution in [0.4, 0.5) is 8.78 Å². The van der Waals surface area contributed by atoms with Crippen molar-refractivity contribution in [3.8, 4) is 10.4 Å². The molecule has 0 atom stereocenters. The maximum Gasteiger partial charge on any atom is 0.312 e. The molecule has 4 rings (SSSR count). The molecule has 10 heteroatoms. The van der Waals surface area contributed by atoms with Crippen molar-refractivity contribution >= 4 is 39.1 Å². The zero-order valence-electron chi connectivity index (χ0n) is 21.5. The zero-order valence-corrected chi connectivity index (χ0v) is 23.9. The van der Waals surface area contributed by atoms with E-state index in [4.69, 9.17) is 0 Å². The van der Waals surface area contributed by atoms with Gasteiger partial charge in [0.25, 0.3) is 0 Å². The molecule has 1 aliphatic heterocycles. The Bertz CT molecular complexity index is 1280. The Morgan fingerprint density at radius 2 is 1.74 bits per heavy atom. The lowest BCUT2D eigenvalue weighted by Gasteiger charge is -2.35. The average Bonchev–Trinajstić information content (AvgIpc) is 3.36. The van der Waals surface area contributed by atoms with Crippen molar-refractivity contribution < 1.29 is 18.4 Å². The molecule has 0 spiro atoms. The van der Waals surface area contributed by atoms with Crippen LogP contribution in [0.25, 0.3) is 10.4 Å². The molecule has 0 aliphatic carbocycles. The van der Waals surface area contributed by atoms with Crippen LogP contribution in [-0.4, -0.2) is 84.8 Å². The summed E-state index contributed by atoms with van der Waals surface area (Å²) < 4.78 is 28.7. The minimum absolute atomic E-state index is 0.0941. The molecule has 2 aromatic carbocycles. The number of hydrogen-bond acceptors (Lipinski definition) is 5. The van der Waals surface area contributed by atoms with Crippen LogP contribution in [0.3, 0.4) is 0 Å². The summed E-state index contributed by atoms with van der Waals surface area (Å²) >= 11 is 5.28. The number of amides is 2. The zero-order chi connectivity index (χ0) is 27.2. The fraction of sp³-hybridized carbons (Fsp3) is 0.357. The van der Waals surface area contributed by atoms with Crippen molar-refractivity contribution in [1.29, 1.82) is 0 Å². The molecule has 2 heterocycles. The van der Waals surface area contributed by atoms with Gasteiger partial charge in [-0.05, 0) is 50.0 Å². The molecule has 0 unspecified atom stereocenters. The Morgan fingerprint density at radius 3 is 2.42 bits per heavy atom. The highest BCUT2D eigenvalue weighted by Gasteiger charge is 2.30. The summed E-state index contributed by atoms with van der Waals surface area (Å²) in [5.41, 5.74) is 1.35. The molecule has 0 saturated carbocycles. The van der Waals surface area contributed by atoms with Crippen LogP contribution in [0.5, 0.6) is 0 Å². The van der Waals surface area contributed by atoms with Gasteiger partial charge in [0.1, 0.15) is 11.6 Å². The predicted octanol–water partition coefficient (Wildman–Crippen LogP) is 4.69. The molecule has 1 aromatic heterocycles. The second kappa shape index (κ2) is 12.9. The van der Waals surface area contributed by atoms with Crippen LogP contribution in [0, 0.1) is 11.6 Å². The predicted molar refractivity (Wildman–Crippen MR) is 150 cm³/mol. The first-order valence-electron chi connectivity index (χ1n) is 12.4. The van der Waals surface area contributed by atoms with E-state index in [-0.39, 0.29) is 18.7 Å². The van der Waals surface area contributed by atoms with Gasteiger partial charge in [-0.3, -0.25) is 14.5 Å². The molecule has 38 heavy (non-hydrogen) atoms. The standard InChI is InChI=1S/C28H31BrF2N4O2S/c1-32(2)10-13-35(18-21-6-7-23(30)17-25(21)31)28(37)27(36)34-14-11-33(12-15-34)19-24-8-9-26(38-24)20-4-3-5-22(29)16-20/h3-9,16-17H,10-15,18-19H2,1-2H3. The summed E-state index contributed by atoms with van der Waals surface area (Å²) in [7, 11) is 3.72. The highest BCUT2D eigenvalue weighted by atomic mass is 79.9. The number of likely N-dealkylation sites (N-methyl/N-ethyl adjacent to an activating group) is 1. The Kier molecular flexibility index (Phi) is 9.64. The van der Waals surface area contributed by atoms with Gasteiger partial charge in [-0.25, -0.2) is 8.78 Å². The lowest BCUT2D eigenvalue weighted by Crippen LogP contribution is -2.53. The van der Waals surface area contributed by atoms with E-state index in [1.165, 1.54) is 26.3 Å². The molecule has 3 aromatic rings. The molecule has 0 N–H and O–H groups in total. The van der Waals surface area contributed by atoms with Crippen molar-refractivity contribution in [2.24, 2.45) is 0 Å². The maximum absolute atomic E-state index is 14.3. The van der Waals surface area contributed by atoms with Crippen LogP contribution < -0.4 is 0 Å². The number of thiophene rings is 1. The van der Waals surface area contributed by atoms with Gasteiger partial charge in [-0.15, -0.1) is 11.3 Å². The average molecular weight is 606 g/mol. The molecule has 0 radical (unpaired) electrons. The summed E-state index contributed by atoms with van der Waals surface area (Å²) in [6, 6.07) is 15.8. The third-order valence-electron chi connectivity index (χ3n) is 6.47. The van der Waals surface area contributed by atoms with Crippen molar-refractivity contribution in [2.45, 2.75) is 13.1 Å². The molecule has 0 bridgehead atoms. The second-order valence-corrected chi connectivity index (χ2v) is 11.7. The van der Waals surface area contributed by atoms with E-state index < -0.39 is 23.4 Å². The van der Waals surface area contributed by atoms with Gasteiger partial charge in [-0.2, -0.15) is 0 Å². The third kappa shape index (κ3) is 7.47. The van der Waals surface area contributed by atoms with Crippen molar-refractivity contribution in [3.63, 3.8) is 0 Å². The molecule has 6 nitrogen and oxygen atoms in total. The van der Waals surface area contributed by atoms with Crippen LogP contribution in [0.15, 0.2) is 59.1 Å².